The second-order valence-corrected chi connectivity index (χ2v) is 7.51. The molecule has 0 aliphatic carbocycles. The number of hydrogen-bond donors (Lipinski definition) is 2. The van der Waals surface area contributed by atoms with Gasteiger partial charge in [-0.25, -0.2) is 4.98 Å². The van der Waals surface area contributed by atoms with Gasteiger partial charge in [0.2, 0.25) is 11.1 Å². The van der Waals surface area contributed by atoms with Gasteiger partial charge in [0.05, 0.1) is 12.9 Å². The number of methoxy groups -OCH3 is 1. The van der Waals surface area contributed by atoms with Crippen LogP contribution in [0.15, 0.2) is 47.6 Å². The summed E-state index contributed by atoms with van der Waals surface area (Å²) in [7, 11) is 1.63. The molecule has 0 saturated carbocycles. The summed E-state index contributed by atoms with van der Waals surface area (Å²) >= 11 is 1.27. The van der Waals surface area contributed by atoms with Crippen molar-refractivity contribution in [2.24, 2.45) is 0 Å². The molecule has 0 radical (unpaired) electrons. The lowest BCUT2D eigenvalue weighted by Gasteiger charge is -2.06. The predicted octanol–water partition coefficient (Wildman–Crippen LogP) is 3.49. The van der Waals surface area contributed by atoms with Crippen LogP contribution in [0, 0.1) is 0 Å². The molecule has 0 saturated heterocycles. The van der Waals surface area contributed by atoms with E-state index >= 15 is 0 Å². The van der Waals surface area contributed by atoms with Gasteiger partial charge in [-0.2, -0.15) is 0 Å². The van der Waals surface area contributed by atoms with E-state index < -0.39 is 0 Å². The molecule has 1 amide bonds. The van der Waals surface area contributed by atoms with Crippen molar-refractivity contribution < 1.29 is 9.53 Å². The van der Waals surface area contributed by atoms with E-state index in [0.717, 1.165) is 34.2 Å². The summed E-state index contributed by atoms with van der Waals surface area (Å²) in [6.45, 7) is 2.58. The number of carbonyl (C=O) groups is 1. The normalized spacial score (nSPS) is 11.1. The molecule has 2 aromatic carbocycles. The zero-order valence-corrected chi connectivity index (χ0v) is 17.0. The van der Waals surface area contributed by atoms with E-state index in [0.29, 0.717) is 17.3 Å². The van der Waals surface area contributed by atoms with Crippen LogP contribution in [-0.4, -0.2) is 38.9 Å². The highest BCUT2D eigenvalue weighted by atomic mass is 32.2. The number of aromatic amines is 1. The molecule has 8 heteroatoms. The fourth-order valence-corrected chi connectivity index (χ4v) is 3.63. The Morgan fingerprint density at radius 3 is 2.69 bits per heavy atom. The second kappa shape index (κ2) is 8.48. The highest BCUT2D eigenvalue weighted by Crippen LogP contribution is 2.24. The van der Waals surface area contributed by atoms with Crippen molar-refractivity contribution in [3.8, 4) is 5.75 Å². The Bertz CT molecular complexity index is 1160. The molecule has 148 valence electrons. The maximum absolute atomic E-state index is 12.1. The highest BCUT2D eigenvalue weighted by Gasteiger charge is 2.11. The molecule has 0 spiro atoms. The number of nitrogens with zero attached hydrogens (tertiary/aromatic N) is 3. The van der Waals surface area contributed by atoms with Crippen LogP contribution in [0.25, 0.3) is 22.1 Å². The van der Waals surface area contributed by atoms with Gasteiger partial charge >= 0.3 is 0 Å². The Morgan fingerprint density at radius 2 is 1.93 bits per heavy atom. The van der Waals surface area contributed by atoms with E-state index in [1.165, 1.54) is 17.3 Å². The number of benzene rings is 2. The van der Waals surface area contributed by atoms with Crippen molar-refractivity contribution >= 4 is 39.7 Å². The average Bonchev–Trinajstić information content (AvgIpc) is 3.13. The summed E-state index contributed by atoms with van der Waals surface area (Å²) in [4.78, 5) is 19.9. The van der Waals surface area contributed by atoms with Gasteiger partial charge in [0.15, 0.2) is 5.65 Å². The molecule has 0 atom stereocenters. The van der Waals surface area contributed by atoms with Crippen LogP contribution in [0.2, 0.25) is 0 Å². The minimum absolute atomic E-state index is 0.0845. The Labute approximate surface area is 172 Å². The van der Waals surface area contributed by atoms with Gasteiger partial charge in [-0.3, -0.25) is 4.79 Å². The lowest BCUT2D eigenvalue weighted by atomic mass is 10.1. The Kier molecular flexibility index (Phi) is 5.62. The van der Waals surface area contributed by atoms with E-state index in [1.807, 2.05) is 30.3 Å². The van der Waals surface area contributed by atoms with Crippen molar-refractivity contribution in [1.29, 1.82) is 0 Å². The minimum Gasteiger partial charge on any atom is -0.497 e. The van der Waals surface area contributed by atoms with E-state index in [1.54, 1.807) is 7.11 Å². The maximum Gasteiger partial charge on any atom is 0.230 e. The van der Waals surface area contributed by atoms with E-state index in [9.17, 15) is 4.79 Å². The molecule has 29 heavy (non-hydrogen) atoms. The van der Waals surface area contributed by atoms with E-state index in [2.05, 4.69) is 44.5 Å². The first-order valence-electron chi connectivity index (χ1n) is 9.33. The molecule has 4 aromatic rings. The van der Waals surface area contributed by atoms with E-state index in [4.69, 9.17) is 4.74 Å². The lowest BCUT2D eigenvalue weighted by Crippen LogP contribution is -2.24. The van der Waals surface area contributed by atoms with Crippen molar-refractivity contribution in [2.75, 3.05) is 12.9 Å². The first-order valence-corrected chi connectivity index (χ1v) is 10.3. The zero-order valence-electron chi connectivity index (χ0n) is 16.2. The van der Waals surface area contributed by atoms with Crippen LogP contribution in [0.1, 0.15) is 18.1 Å². The van der Waals surface area contributed by atoms with Crippen molar-refractivity contribution in [1.82, 2.24) is 25.5 Å². The molecule has 2 aromatic heterocycles. The number of aryl methyl sites for hydroxylation is 1. The van der Waals surface area contributed by atoms with Crippen LogP contribution in [0.5, 0.6) is 5.75 Å². The number of H-pyrrole nitrogens is 1. The molecule has 0 unspecified atom stereocenters. The fourth-order valence-electron chi connectivity index (χ4n) is 3.01. The molecule has 0 aliphatic heterocycles. The van der Waals surface area contributed by atoms with Gasteiger partial charge in [0.1, 0.15) is 11.3 Å². The van der Waals surface area contributed by atoms with Gasteiger partial charge in [0, 0.05) is 17.4 Å². The largest absolute Gasteiger partial charge is 0.497 e. The van der Waals surface area contributed by atoms with Crippen molar-refractivity contribution in [2.45, 2.75) is 25.0 Å². The molecule has 0 bridgehead atoms. The summed E-state index contributed by atoms with van der Waals surface area (Å²) < 4.78 is 5.13. The third kappa shape index (κ3) is 4.32. The number of aromatic nitrogens is 4. The number of thioether (sulfide) groups is 1. The average molecular weight is 407 g/mol. The molecule has 7 nitrogen and oxygen atoms in total. The Balaban J connectivity index is 1.38. The van der Waals surface area contributed by atoms with Crippen molar-refractivity contribution in [3.63, 3.8) is 0 Å². The predicted molar refractivity (Wildman–Crippen MR) is 114 cm³/mol. The van der Waals surface area contributed by atoms with Crippen LogP contribution in [-0.2, 0) is 17.8 Å². The summed E-state index contributed by atoms with van der Waals surface area (Å²) in [5, 5.41) is 12.9. The topological polar surface area (TPSA) is 92.8 Å². The fraction of sp³-hybridized carbons (Fsp3) is 0.238. The number of ether oxygens (including phenoxy) is 1. The minimum atomic E-state index is -0.0845. The van der Waals surface area contributed by atoms with Gasteiger partial charge in [-0.05, 0) is 41.8 Å². The quantitative estimate of drug-likeness (QED) is 0.456. The van der Waals surface area contributed by atoms with Crippen LogP contribution < -0.4 is 10.1 Å². The van der Waals surface area contributed by atoms with Crippen LogP contribution in [0.4, 0.5) is 0 Å². The number of amides is 1. The summed E-state index contributed by atoms with van der Waals surface area (Å²) in [5.41, 5.74) is 4.67. The lowest BCUT2D eigenvalue weighted by molar-refractivity contribution is -0.118. The summed E-state index contributed by atoms with van der Waals surface area (Å²) in [5.74, 6) is 0.932. The molecule has 2 heterocycles. The Morgan fingerprint density at radius 1 is 1.14 bits per heavy atom. The SMILES string of the molecule is CCc1ccc2[nH]c3nc(SCC(=O)NCc4ccc(OC)cc4)nnc3c2c1. The molecule has 0 aliphatic rings. The highest BCUT2D eigenvalue weighted by molar-refractivity contribution is 7.99. The van der Waals surface area contributed by atoms with Crippen LogP contribution in [0.3, 0.4) is 0 Å². The Hall–Kier alpha value is -3.13. The smallest absolute Gasteiger partial charge is 0.230 e. The maximum atomic E-state index is 12.1. The number of rotatable bonds is 7. The first-order chi connectivity index (χ1) is 14.2. The zero-order chi connectivity index (χ0) is 20.2. The standard InChI is InChI=1S/C21H21N5O2S/c1-3-13-6-9-17-16(10-13)19-20(23-17)24-21(26-25-19)29-12-18(27)22-11-14-4-7-15(28-2)8-5-14/h4-10H,3,11-12H2,1-2H3,(H,22,27)(H,23,24,26). The number of carbonyl (C=O) groups excluding carboxylic acids is 1. The van der Waals surface area contributed by atoms with Crippen molar-refractivity contribution in [3.05, 3.63) is 53.6 Å². The van der Waals surface area contributed by atoms with Gasteiger partial charge in [0.25, 0.3) is 0 Å². The monoisotopic (exact) mass is 407 g/mol. The molecular formula is C21H21N5O2S. The number of hydrogen-bond acceptors (Lipinski definition) is 6. The number of nitrogens with one attached hydrogen (secondary N) is 2. The molecule has 4 rings (SSSR count). The second-order valence-electron chi connectivity index (χ2n) is 6.56. The van der Waals surface area contributed by atoms with E-state index in [-0.39, 0.29) is 11.7 Å². The third-order valence-corrected chi connectivity index (χ3v) is 5.49. The molecular weight excluding hydrogens is 386 g/mol. The van der Waals surface area contributed by atoms with Gasteiger partial charge in [-0.15, -0.1) is 10.2 Å². The number of fused-ring (bicyclic) bond motifs is 3. The van der Waals surface area contributed by atoms with Gasteiger partial charge in [-0.1, -0.05) is 36.9 Å². The third-order valence-electron chi connectivity index (χ3n) is 4.65. The van der Waals surface area contributed by atoms with Gasteiger partial charge < -0.3 is 15.0 Å². The molecule has 0 fully saturated rings. The summed E-state index contributed by atoms with van der Waals surface area (Å²) in [6.07, 6.45) is 0.961. The van der Waals surface area contributed by atoms with Crippen LogP contribution >= 0.6 is 11.8 Å². The first kappa shape index (κ1) is 19.2. The summed E-state index contributed by atoms with van der Waals surface area (Å²) in [6, 6.07) is 13.8. The molecule has 2 N–H and O–H groups in total.